The second-order valence-corrected chi connectivity index (χ2v) is 8.24. The Labute approximate surface area is 127 Å². The molecule has 0 spiro atoms. The summed E-state index contributed by atoms with van der Waals surface area (Å²) >= 11 is 0. The zero-order valence-electron chi connectivity index (χ0n) is 11.7. The van der Waals surface area contributed by atoms with Gasteiger partial charge in [0.05, 0.1) is 11.7 Å². The molecule has 0 radical (unpaired) electrons. The summed E-state index contributed by atoms with van der Waals surface area (Å²) in [5, 5.41) is 0. The van der Waals surface area contributed by atoms with Crippen LogP contribution in [0.4, 0.5) is 22.0 Å². The first-order valence-electron chi connectivity index (χ1n) is 8.20. The highest BCUT2D eigenvalue weighted by molar-refractivity contribution is 5.46. The Bertz CT molecular complexity index is 800. The molecule has 1 aromatic rings. The Hall–Kier alpha value is -1.17. The van der Waals surface area contributed by atoms with Gasteiger partial charge in [-0.25, -0.2) is 22.0 Å². The van der Waals surface area contributed by atoms with Gasteiger partial charge in [-0.2, -0.15) is 0 Å². The third-order valence-electron chi connectivity index (χ3n) is 8.30. The molecule has 0 aromatic heterocycles. The van der Waals surface area contributed by atoms with E-state index in [4.69, 9.17) is 4.74 Å². The van der Waals surface area contributed by atoms with Crippen LogP contribution in [0.25, 0.3) is 0 Å². The van der Waals surface area contributed by atoms with Crippen LogP contribution < -0.4 is 0 Å². The molecule has 5 saturated carbocycles. The lowest BCUT2D eigenvalue weighted by Crippen LogP contribution is -2.48. The lowest BCUT2D eigenvalue weighted by molar-refractivity contribution is -0.0418. The summed E-state index contributed by atoms with van der Waals surface area (Å²) in [6.07, 6.45) is 1.02. The van der Waals surface area contributed by atoms with Crippen molar-refractivity contribution in [3.63, 3.8) is 0 Å². The van der Waals surface area contributed by atoms with E-state index in [1.54, 1.807) is 0 Å². The van der Waals surface area contributed by atoms with E-state index in [1.165, 1.54) is 0 Å². The number of rotatable bonds is 1. The maximum Gasteiger partial charge on any atom is 0.200 e. The predicted octanol–water partition coefficient (Wildman–Crippen LogP) is 3.36. The van der Waals surface area contributed by atoms with Crippen molar-refractivity contribution < 1.29 is 26.7 Å². The monoisotopic (exact) mass is 326 g/mol. The quantitative estimate of drug-likeness (QED) is 0.437. The minimum Gasteiger partial charge on any atom is -0.366 e. The van der Waals surface area contributed by atoms with Gasteiger partial charge in [-0.05, 0) is 41.9 Å². The van der Waals surface area contributed by atoms with Gasteiger partial charge in [-0.3, -0.25) is 0 Å². The van der Waals surface area contributed by atoms with Gasteiger partial charge in [-0.1, -0.05) is 0 Å². The average Bonchev–Trinajstić information content (AvgIpc) is 3.16. The molecule has 1 nitrogen and oxygen atoms in total. The first-order valence-corrected chi connectivity index (χ1v) is 8.20. The molecule has 23 heavy (non-hydrogen) atoms. The molecular weight excluding hydrogens is 315 g/mol. The molecule has 120 valence electrons. The van der Waals surface area contributed by atoms with Gasteiger partial charge in [0.15, 0.2) is 23.3 Å². The molecule has 10 atom stereocenters. The molecule has 0 N–H and O–H groups in total. The minimum atomic E-state index is -2.08. The Morgan fingerprint density at radius 1 is 0.696 bits per heavy atom. The van der Waals surface area contributed by atoms with Crippen LogP contribution >= 0.6 is 0 Å². The van der Waals surface area contributed by atoms with Gasteiger partial charge in [0.25, 0.3) is 0 Å². The molecule has 0 unspecified atom stereocenters. The van der Waals surface area contributed by atoms with Crippen molar-refractivity contribution >= 4 is 0 Å². The fourth-order valence-corrected chi connectivity index (χ4v) is 8.35. The largest absolute Gasteiger partial charge is 0.366 e. The van der Waals surface area contributed by atoms with Gasteiger partial charge < -0.3 is 4.74 Å². The summed E-state index contributed by atoms with van der Waals surface area (Å²) in [5.74, 6) is -6.89. The first kappa shape index (κ1) is 12.2. The van der Waals surface area contributed by atoms with Crippen molar-refractivity contribution in [2.75, 3.05) is 0 Å². The SMILES string of the molecule is Fc1c(F)c(F)c([C@@]23O[C@@H]4[C@@H]5[C@@H]6[C@@H]7C[C@@H]([C@H]6[C@@H]52)[C@H]3[C@@H]74)c(F)c1F. The summed E-state index contributed by atoms with van der Waals surface area (Å²) in [6, 6.07) is 0. The van der Waals surface area contributed by atoms with Crippen LogP contribution in [0.1, 0.15) is 12.0 Å². The molecule has 2 heterocycles. The third kappa shape index (κ3) is 0.839. The third-order valence-corrected chi connectivity index (χ3v) is 8.30. The zero-order chi connectivity index (χ0) is 15.6. The fraction of sp³-hybridized carbons (Fsp3) is 0.647. The Morgan fingerprint density at radius 2 is 1.35 bits per heavy atom. The van der Waals surface area contributed by atoms with E-state index >= 15 is 0 Å². The van der Waals surface area contributed by atoms with Crippen molar-refractivity contribution in [1.29, 1.82) is 0 Å². The van der Waals surface area contributed by atoms with Crippen molar-refractivity contribution in [3.8, 4) is 0 Å². The topological polar surface area (TPSA) is 9.23 Å². The van der Waals surface area contributed by atoms with Gasteiger partial charge in [-0.15, -0.1) is 0 Å². The summed E-state index contributed by atoms with van der Waals surface area (Å²) in [6.45, 7) is 0. The van der Waals surface area contributed by atoms with Crippen molar-refractivity contribution in [2.45, 2.75) is 18.1 Å². The highest BCUT2D eigenvalue weighted by Gasteiger charge is 2.93. The Morgan fingerprint density at radius 3 is 2.04 bits per heavy atom. The van der Waals surface area contributed by atoms with Gasteiger partial charge in [0.2, 0.25) is 5.82 Å². The molecule has 7 aliphatic rings. The molecule has 2 aliphatic heterocycles. The van der Waals surface area contributed by atoms with E-state index in [2.05, 4.69) is 0 Å². The second kappa shape index (κ2) is 3.05. The van der Waals surface area contributed by atoms with Crippen LogP contribution in [-0.2, 0) is 10.3 Å². The Kier molecular flexibility index (Phi) is 1.62. The number of hydrogen-bond acceptors (Lipinski definition) is 1. The van der Waals surface area contributed by atoms with Gasteiger partial charge >= 0.3 is 0 Å². The van der Waals surface area contributed by atoms with Gasteiger partial charge in [0.1, 0.15) is 5.60 Å². The first-order chi connectivity index (χ1) is 11.0. The maximum atomic E-state index is 14.5. The normalized spacial score (nSPS) is 58.0. The van der Waals surface area contributed by atoms with Crippen LogP contribution in [0.3, 0.4) is 0 Å². The molecule has 7 fully saturated rings. The molecule has 1 aromatic carbocycles. The summed E-state index contributed by atoms with van der Waals surface area (Å²) in [4.78, 5) is 0. The number of benzene rings is 1. The lowest BCUT2D eigenvalue weighted by atomic mass is 9.56. The average molecular weight is 326 g/mol. The van der Waals surface area contributed by atoms with Crippen LogP contribution in [0.15, 0.2) is 0 Å². The fourth-order valence-electron chi connectivity index (χ4n) is 8.35. The van der Waals surface area contributed by atoms with E-state index in [0.717, 1.165) is 6.42 Å². The smallest absolute Gasteiger partial charge is 0.200 e. The molecule has 8 rings (SSSR count). The molecule has 5 aliphatic carbocycles. The number of halogens is 5. The van der Waals surface area contributed by atoms with Crippen LogP contribution in [0, 0.1) is 76.4 Å². The molecular formula is C17H11F5O. The molecule has 2 saturated heterocycles. The Balaban J connectivity index is 1.57. The molecule has 4 bridgehead atoms. The van der Waals surface area contributed by atoms with Crippen LogP contribution in [0.5, 0.6) is 0 Å². The zero-order valence-corrected chi connectivity index (χ0v) is 11.7. The van der Waals surface area contributed by atoms with Crippen molar-refractivity contribution in [2.24, 2.45) is 47.3 Å². The predicted molar refractivity (Wildman–Crippen MR) is 65.3 cm³/mol. The van der Waals surface area contributed by atoms with E-state index < -0.39 is 40.3 Å². The second-order valence-electron chi connectivity index (χ2n) is 8.24. The maximum absolute atomic E-state index is 14.5. The van der Waals surface area contributed by atoms with Crippen LogP contribution in [0.2, 0.25) is 0 Å². The standard InChI is InChI=1S/C17H11F5O/c18-11-10(12(19)14(21)15(22)13(11)20)17-8-3-1-2-4-5(3)9(17)7(4)16(23-17)6(2)8/h2-9,16H,1H2/t2-,3-,4+,5+,6+,7+,8-,9-,16-,17-/m0/s1. The van der Waals surface area contributed by atoms with E-state index in [-0.39, 0.29) is 29.8 Å². The van der Waals surface area contributed by atoms with Crippen molar-refractivity contribution in [1.82, 2.24) is 0 Å². The van der Waals surface area contributed by atoms with Crippen LogP contribution in [-0.4, -0.2) is 6.10 Å². The summed E-state index contributed by atoms with van der Waals surface area (Å²) in [7, 11) is 0. The van der Waals surface area contributed by atoms with Gasteiger partial charge in [0, 0.05) is 11.8 Å². The highest BCUT2D eigenvalue weighted by atomic mass is 19.2. The van der Waals surface area contributed by atoms with Crippen molar-refractivity contribution in [3.05, 3.63) is 34.6 Å². The molecule has 6 heteroatoms. The highest BCUT2D eigenvalue weighted by Crippen LogP contribution is 2.92. The van der Waals surface area contributed by atoms with E-state index in [9.17, 15) is 22.0 Å². The lowest BCUT2D eigenvalue weighted by Gasteiger charge is -2.46. The molecule has 0 amide bonds. The number of ether oxygens (including phenoxy) is 1. The number of hydrogen-bond donors (Lipinski definition) is 0. The summed E-state index contributed by atoms with van der Waals surface area (Å²) in [5.41, 5.74) is -1.94. The summed E-state index contributed by atoms with van der Waals surface area (Å²) < 4.78 is 76.1. The minimum absolute atomic E-state index is 0.0290. The van der Waals surface area contributed by atoms with E-state index in [1.807, 2.05) is 0 Å². The van der Waals surface area contributed by atoms with E-state index in [0.29, 0.717) is 23.7 Å².